The maximum atomic E-state index is 13.7. The van der Waals surface area contributed by atoms with Crippen molar-refractivity contribution < 1.29 is 9.53 Å². The lowest BCUT2D eigenvalue weighted by Crippen LogP contribution is -2.48. The number of fused-ring (bicyclic) bond motifs is 1. The van der Waals surface area contributed by atoms with E-state index in [4.69, 9.17) is 4.74 Å². The van der Waals surface area contributed by atoms with Crippen molar-refractivity contribution in [3.8, 4) is 0 Å². The van der Waals surface area contributed by atoms with E-state index >= 15 is 0 Å². The van der Waals surface area contributed by atoms with Gasteiger partial charge in [-0.15, -0.1) is 0 Å². The van der Waals surface area contributed by atoms with Crippen LogP contribution in [0.5, 0.6) is 0 Å². The average molecular weight is 407 g/mol. The Hall–Kier alpha value is -3.03. The predicted octanol–water partition coefficient (Wildman–Crippen LogP) is 3.95. The Labute approximate surface area is 173 Å². The van der Waals surface area contributed by atoms with Crippen LogP contribution in [0.2, 0.25) is 0 Å². The van der Waals surface area contributed by atoms with Crippen LogP contribution < -0.4 is 5.32 Å². The molecule has 0 aliphatic heterocycles. The summed E-state index contributed by atoms with van der Waals surface area (Å²) < 4.78 is 7.91. The Bertz CT molecular complexity index is 1020. The first kappa shape index (κ1) is 19.3. The van der Waals surface area contributed by atoms with E-state index in [-0.39, 0.29) is 11.9 Å². The molecule has 1 amide bonds. The zero-order chi connectivity index (χ0) is 20.3. The maximum Gasteiger partial charge on any atom is 0.262 e. The number of amides is 1. The molecule has 0 aliphatic carbocycles. The molecule has 2 heterocycles. The van der Waals surface area contributed by atoms with Gasteiger partial charge in [-0.2, -0.15) is 5.10 Å². The first-order valence-corrected chi connectivity index (χ1v) is 10.4. The predicted molar refractivity (Wildman–Crippen MR) is 113 cm³/mol. The Balaban J connectivity index is 1.73. The minimum atomic E-state index is -1.25. The molecule has 4 rings (SSSR count). The number of hydrogen-bond acceptors (Lipinski definition) is 5. The maximum absolute atomic E-state index is 13.7. The van der Waals surface area contributed by atoms with Crippen molar-refractivity contribution in [3.63, 3.8) is 0 Å². The smallest absolute Gasteiger partial charge is 0.262 e. The van der Waals surface area contributed by atoms with Crippen molar-refractivity contribution in [1.82, 2.24) is 19.9 Å². The van der Waals surface area contributed by atoms with Crippen LogP contribution in [0, 0.1) is 0 Å². The SMILES string of the molecule is CCOC(C(=O)N[C@H](C)c1cn2ncsc2n1)(c1ccccc1)c1ccccc1. The second-order valence-electron chi connectivity index (χ2n) is 6.67. The van der Waals surface area contributed by atoms with Crippen LogP contribution in [-0.2, 0) is 15.1 Å². The summed E-state index contributed by atoms with van der Waals surface area (Å²) in [5.74, 6) is -0.228. The van der Waals surface area contributed by atoms with Gasteiger partial charge < -0.3 is 10.1 Å². The van der Waals surface area contributed by atoms with Gasteiger partial charge >= 0.3 is 0 Å². The van der Waals surface area contributed by atoms with E-state index in [1.165, 1.54) is 11.3 Å². The summed E-state index contributed by atoms with van der Waals surface area (Å²) in [6.45, 7) is 4.19. The van der Waals surface area contributed by atoms with E-state index < -0.39 is 5.60 Å². The van der Waals surface area contributed by atoms with Gasteiger partial charge in [0.1, 0.15) is 5.51 Å². The molecule has 0 unspecified atom stereocenters. The Kier molecular flexibility index (Phi) is 5.42. The lowest BCUT2D eigenvalue weighted by Gasteiger charge is -2.34. The van der Waals surface area contributed by atoms with Crippen LogP contribution >= 0.6 is 11.3 Å². The van der Waals surface area contributed by atoms with Gasteiger partial charge in [0, 0.05) is 6.61 Å². The van der Waals surface area contributed by atoms with Gasteiger partial charge in [-0.25, -0.2) is 9.50 Å². The normalized spacial score (nSPS) is 12.8. The van der Waals surface area contributed by atoms with E-state index in [9.17, 15) is 4.79 Å². The third-order valence-corrected chi connectivity index (χ3v) is 5.53. The fraction of sp³-hybridized carbons (Fsp3) is 0.227. The van der Waals surface area contributed by atoms with Crippen LogP contribution in [0.4, 0.5) is 0 Å². The van der Waals surface area contributed by atoms with Gasteiger partial charge in [-0.3, -0.25) is 4.79 Å². The van der Waals surface area contributed by atoms with E-state index in [1.54, 1.807) is 10.0 Å². The molecule has 0 bridgehead atoms. The van der Waals surface area contributed by atoms with Gasteiger partial charge in [-0.1, -0.05) is 72.0 Å². The fourth-order valence-corrected chi connectivity index (χ4v) is 4.07. The highest BCUT2D eigenvalue weighted by molar-refractivity contribution is 7.14. The molecule has 6 nitrogen and oxygen atoms in total. The quantitative estimate of drug-likeness (QED) is 0.505. The van der Waals surface area contributed by atoms with Crippen LogP contribution in [-0.4, -0.2) is 27.1 Å². The number of rotatable bonds is 7. The van der Waals surface area contributed by atoms with Crippen LogP contribution in [0.15, 0.2) is 72.4 Å². The lowest BCUT2D eigenvalue weighted by atomic mass is 9.84. The number of carbonyl (C=O) groups is 1. The van der Waals surface area contributed by atoms with Crippen molar-refractivity contribution in [3.05, 3.63) is 89.2 Å². The van der Waals surface area contributed by atoms with E-state index in [0.717, 1.165) is 21.8 Å². The van der Waals surface area contributed by atoms with Crippen LogP contribution in [0.1, 0.15) is 36.7 Å². The highest BCUT2D eigenvalue weighted by Gasteiger charge is 2.43. The molecular weight excluding hydrogens is 384 g/mol. The highest BCUT2D eigenvalue weighted by atomic mass is 32.1. The molecule has 0 aliphatic rings. The molecule has 0 spiro atoms. The van der Waals surface area contributed by atoms with E-state index in [0.29, 0.717) is 6.61 Å². The van der Waals surface area contributed by atoms with Gasteiger partial charge in [-0.05, 0) is 25.0 Å². The van der Waals surface area contributed by atoms with E-state index in [2.05, 4.69) is 15.4 Å². The van der Waals surface area contributed by atoms with Crippen LogP contribution in [0.3, 0.4) is 0 Å². The van der Waals surface area contributed by atoms with Gasteiger partial charge in [0.2, 0.25) is 4.96 Å². The number of nitrogens with zero attached hydrogens (tertiary/aromatic N) is 3. The zero-order valence-corrected chi connectivity index (χ0v) is 17.1. The minimum absolute atomic E-state index is 0.228. The largest absolute Gasteiger partial charge is 0.356 e. The molecular formula is C22H22N4O2S. The molecule has 2 aromatic heterocycles. The number of nitrogens with one attached hydrogen (secondary N) is 1. The number of aromatic nitrogens is 3. The molecule has 7 heteroatoms. The Morgan fingerprint density at radius 3 is 2.31 bits per heavy atom. The number of imidazole rings is 1. The standard InChI is InChI=1S/C22H22N4O2S/c1-3-28-22(17-10-6-4-7-11-17,18-12-8-5-9-13-18)20(27)24-16(2)19-14-26-21(25-19)29-15-23-26/h4-16H,3H2,1-2H3,(H,24,27)/t16-/m1/s1. The lowest BCUT2D eigenvalue weighted by molar-refractivity contribution is -0.143. The fourth-order valence-electron chi connectivity index (χ4n) is 3.46. The first-order chi connectivity index (χ1) is 14.1. The number of ether oxygens (including phenoxy) is 1. The summed E-state index contributed by atoms with van der Waals surface area (Å²) >= 11 is 1.46. The van der Waals surface area contributed by atoms with Crippen molar-refractivity contribution in [2.24, 2.45) is 0 Å². The van der Waals surface area contributed by atoms with Gasteiger partial charge in [0.05, 0.1) is 17.9 Å². The van der Waals surface area contributed by atoms with Crippen LogP contribution in [0.25, 0.3) is 4.96 Å². The highest BCUT2D eigenvalue weighted by Crippen LogP contribution is 2.35. The van der Waals surface area contributed by atoms with Gasteiger partial charge in [0.25, 0.3) is 5.91 Å². The van der Waals surface area contributed by atoms with Crippen molar-refractivity contribution in [1.29, 1.82) is 0 Å². The topological polar surface area (TPSA) is 68.5 Å². The number of hydrogen-bond donors (Lipinski definition) is 1. The monoisotopic (exact) mass is 406 g/mol. The zero-order valence-electron chi connectivity index (χ0n) is 16.3. The molecule has 4 aromatic rings. The Morgan fingerprint density at radius 2 is 1.76 bits per heavy atom. The number of carbonyl (C=O) groups excluding carboxylic acids is 1. The summed E-state index contributed by atoms with van der Waals surface area (Å²) in [5.41, 5.74) is 2.81. The molecule has 0 saturated carbocycles. The molecule has 148 valence electrons. The molecule has 0 saturated heterocycles. The summed E-state index contributed by atoms with van der Waals surface area (Å²) in [6.07, 6.45) is 1.84. The third-order valence-electron chi connectivity index (χ3n) is 4.84. The summed E-state index contributed by atoms with van der Waals surface area (Å²) in [4.78, 5) is 19.1. The molecule has 1 N–H and O–H groups in total. The van der Waals surface area contributed by atoms with E-state index in [1.807, 2.05) is 80.7 Å². The Morgan fingerprint density at radius 1 is 1.14 bits per heavy atom. The minimum Gasteiger partial charge on any atom is -0.356 e. The first-order valence-electron chi connectivity index (χ1n) is 9.50. The molecule has 0 fully saturated rings. The average Bonchev–Trinajstić information content (AvgIpc) is 3.36. The molecule has 0 radical (unpaired) electrons. The number of benzene rings is 2. The summed E-state index contributed by atoms with van der Waals surface area (Å²) in [6, 6.07) is 18.9. The third kappa shape index (κ3) is 3.54. The van der Waals surface area contributed by atoms with Gasteiger partial charge in [0.15, 0.2) is 5.60 Å². The van der Waals surface area contributed by atoms with Crippen molar-refractivity contribution in [2.45, 2.75) is 25.5 Å². The second-order valence-corrected chi connectivity index (χ2v) is 7.48. The summed E-state index contributed by atoms with van der Waals surface area (Å²) in [5, 5.41) is 7.32. The molecule has 1 atom stereocenters. The molecule has 2 aromatic carbocycles. The second kappa shape index (κ2) is 8.14. The van der Waals surface area contributed by atoms with Crippen molar-refractivity contribution in [2.75, 3.05) is 6.61 Å². The molecule has 29 heavy (non-hydrogen) atoms. The summed E-state index contributed by atoms with van der Waals surface area (Å²) in [7, 11) is 0. The van der Waals surface area contributed by atoms with Crippen molar-refractivity contribution >= 4 is 22.2 Å².